The molecular weight excluding hydrogens is 304 g/mol. The van der Waals surface area contributed by atoms with Crippen molar-refractivity contribution in [1.82, 2.24) is 25.3 Å². The van der Waals surface area contributed by atoms with Gasteiger partial charge in [0, 0.05) is 18.2 Å². The number of anilines is 1. The molecule has 3 aromatic rings. The Labute approximate surface area is 140 Å². The van der Waals surface area contributed by atoms with Gasteiger partial charge in [0.1, 0.15) is 0 Å². The molecule has 3 N–H and O–H groups in total. The Morgan fingerprint density at radius 2 is 2.12 bits per heavy atom. The van der Waals surface area contributed by atoms with Crippen LogP contribution in [0.2, 0.25) is 0 Å². The number of para-hydroxylation sites is 1. The van der Waals surface area contributed by atoms with Crippen LogP contribution in [0.4, 0.5) is 10.5 Å². The number of carbonyl (C=O) groups is 1. The molecule has 2 heterocycles. The number of urea groups is 1. The second-order valence-electron chi connectivity index (χ2n) is 5.76. The number of amides is 2. The Kier molecular flexibility index (Phi) is 4.60. The van der Waals surface area contributed by atoms with Crippen LogP contribution in [0.25, 0.3) is 5.69 Å². The molecule has 7 nitrogen and oxygen atoms in total. The molecule has 0 aliphatic carbocycles. The lowest BCUT2D eigenvalue weighted by Gasteiger charge is -2.12. The van der Waals surface area contributed by atoms with E-state index in [0.29, 0.717) is 12.1 Å². The molecule has 0 fully saturated rings. The molecule has 24 heavy (non-hydrogen) atoms. The van der Waals surface area contributed by atoms with Crippen molar-refractivity contribution in [1.29, 1.82) is 0 Å². The fourth-order valence-corrected chi connectivity index (χ4v) is 2.44. The lowest BCUT2D eigenvalue weighted by Crippen LogP contribution is -2.37. The Morgan fingerprint density at radius 1 is 1.33 bits per heavy atom. The number of aryl methyl sites for hydroxylation is 1. The highest BCUT2D eigenvalue weighted by molar-refractivity contribution is 5.89. The first kappa shape index (κ1) is 15.8. The van der Waals surface area contributed by atoms with Crippen molar-refractivity contribution in [3.05, 3.63) is 60.2 Å². The molecule has 0 saturated heterocycles. The molecule has 0 unspecified atom stereocenters. The van der Waals surface area contributed by atoms with E-state index in [1.165, 1.54) is 0 Å². The minimum atomic E-state index is -0.262. The van der Waals surface area contributed by atoms with E-state index in [0.717, 1.165) is 17.1 Å². The zero-order valence-electron chi connectivity index (χ0n) is 13.7. The maximum atomic E-state index is 12.1. The third kappa shape index (κ3) is 4.01. The number of aromatic nitrogens is 4. The van der Waals surface area contributed by atoms with Crippen LogP contribution in [0.5, 0.6) is 0 Å². The number of H-pyrrole nitrogens is 1. The third-order valence-electron chi connectivity index (χ3n) is 3.51. The van der Waals surface area contributed by atoms with E-state index >= 15 is 0 Å². The molecule has 2 amide bonds. The summed E-state index contributed by atoms with van der Waals surface area (Å²) in [5.41, 5.74) is 3.51. The molecule has 0 aliphatic rings. The largest absolute Gasteiger partial charge is 0.335 e. The number of aromatic amines is 1. The monoisotopic (exact) mass is 324 g/mol. The average Bonchev–Trinajstić information content (AvgIpc) is 3.17. The Hall–Kier alpha value is -3.09. The van der Waals surface area contributed by atoms with Gasteiger partial charge in [-0.25, -0.2) is 9.48 Å². The van der Waals surface area contributed by atoms with Gasteiger partial charge in [-0.3, -0.25) is 5.10 Å². The number of benzene rings is 1. The predicted octanol–water partition coefficient (Wildman–Crippen LogP) is 2.66. The third-order valence-corrected chi connectivity index (χ3v) is 3.51. The summed E-state index contributed by atoms with van der Waals surface area (Å²) in [5.74, 6) is 0. The summed E-state index contributed by atoms with van der Waals surface area (Å²) in [6.07, 6.45) is 4.06. The molecular formula is C17H20N6O. The number of rotatable bonds is 5. The van der Waals surface area contributed by atoms with Crippen molar-refractivity contribution in [3.8, 4) is 5.69 Å². The summed E-state index contributed by atoms with van der Waals surface area (Å²) < 4.78 is 1.71. The first-order valence-corrected chi connectivity index (χ1v) is 7.78. The molecule has 7 heteroatoms. The molecule has 0 aliphatic heterocycles. The van der Waals surface area contributed by atoms with Crippen LogP contribution in [-0.4, -0.2) is 32.1 Å². The Morgan fingerprint density at radius 3 is 2.83 bits per heavy atom. The highest BCUT2D eigenvalue weighted by atomic mass is 16.2. The SMILES string of the molecule is Cc1cc(C[C@@H](C)NC(=O)Nc2cnn(-c3ccccc3)c2)n[nH]1. The second kappa shape index (κ2) is 6.99. The molecule has 0 saturated carbocycles. The van der Waals surface area contributed by atoms with Crippen molar-refractivity contribution in [3.63, 3.8) is 0 Å². The van der Waals surface area contributed by atoms with Gasteiger partial charge in [0.25, 0.3) is 0 Å². The summed E-state index contributed by atoms with van der Waals surface area (Å²) in [6.45, 7) is 3.89. The summed E-state index contributed by atoms with van der Waals surface area (Å²) in [4.78, 5) is 12.1. The maximum absolute atomic E-state index is 12.1. The van der Waals surface area contributed by atoms with E-state index in [2.05, 4.69) is 25.9 Å². The zero-order chi connectivity index (χ0) is 16.9. The fraction of sp³-hybridized carbons (Fsp3) is 0.235. The molecule has 2 aromatic heterocycles. The van der Waals surface area contributed by atoms with Crippen LogP contribution in [0.3, 0.4) is 0 Å². The maximum Gasteiger partial charge on any atom is 0.319 e. The standard InChI is InChI=1S/C17H20N6O/c1-12(8-14-9-13(2)21-22-14)19-17(24)20-15-10-18-23(11-15)16-6-4-3-5-7-16/h3-7,9-12H,8H2,1-2H3,(H,21,22)(H2,19,20,24)/t12-/m1/s1. The lowest BCUT2D eigenvalue weighted by atomic mass is 10.2. The van der Waals surface area contributed by atoms with Crippen molar-refractivity contribution in [2.24, 2.45) is 0 Å². The molecule has 0 radical (unpaired) electrons. The van der Waals surface area contributed by atoms with Crippen LogP contribution < -0.4 is 10.6 Å². The van der Waals surface area contributed by atoms with E-state index in [-0.39, 0.29) is 12.1 Å². The van der Waals surface area contributed by atoms with Crippen LogP contribution in [0.15, 0.2) is 48.8 Å². The van der Waals surface area contributed by atoms with E-state index in [9.17, 15) is 4.79 Å². The van der Waals surface area contributed by atoms with E-state index in [1.807, 2.05) is 50.2 Å². The highest BCUT2D eigenvalue weighted by Gasteiger charge is 2.11. The first-order chi connectivity index (χ1) is 11.6. The van der Waals surface area contributed by atoms with Gasteiger partial charge in [0.05, 0.1) is 29.5 Å². The van der Waals surface area contributed by atoms with Gasteiger partial charge in [0.15, 0.2) is 0 Å². The topological polar surface area (TPSA) is 87.6 Å². The predicted molar refractivity (Wildman–Crippen MR) is 92.2 cm³/mol. The summed E-state index contributed by atoms with van der Waals surface area (Å²) in [5, 5.41) is 17.0. The molecule has 1 aromatic carbocycles. The number of carbonyl (C=O) groups excluding carboxylic acids is 1. The van der Waals surface area contributed by atoms with Crippen molar-refractivity contribution in [2.45, 2.75) is 26.3 Å². The lowest BCUT2D eigenvalue weighted by molar-refractivity contribution is 0.249. The summed E-state index contributed by atoms with van der Waals surface area (Å²) >= 11 is 0. The minimum Gasteiger partial charge on any atom is -0.335 e. The first-order valence-electron chi connectivity index (χ1n) is 7.78. The minimum absolute atomic E-state index is 0.0307. The van der Waals surface area contributed by atoms with Gasteiger partial charge in [0.2, 0.25) is 0 Å². The summed E-state index contributed by atoms with van der Waals surface area (Å²) in [7, 11) is 0. The fourth-order valence-electron chi connectivity index (χ4n) is 2.44. The van der Waals surface area contributed by atoms with Crippen LogP contribution in [0.1, 0.15) is 18.3 Å². The van der Waals surface area contributed by atoms with Gasteiger partial charge in [-0.05, 0) is 32.0 Å². The zero-order valence-corrected chi connectivity index (χ0v) is 13.7. The van der Waals surface area contributed by atoms with Gasteiger partial charge in [-0.1, -0.05) is 18.2 Å². The molecule has 3 rings (SSSR count). The normalized spacial score (nSPS) is 11.9. The molecule has 124 valence electrons. The van der Waals surface area contributed by atoms with E-state index in [4.69, 9.17) is 0 Å². The summed E-state index contributed by atoms with van der Waals surface area (Å²) in [6, 6.07) is 11.4. The average molecular weight is 324 g/mol. The van der Waals surface area contributed by atoms with Crippen LogP contribution in [0, 0.1) is 6.92 Å². The van der Waals surface area contributed by atoms with Crippen molar-refractivity contribution < 1.29 is 4.79 Å². The Bertz CT molecular complexity index is 807. The van der Waals surface area contributed by atoms with Gasteiger partial charge < -0.3 is 10.6 Å². The van der Waals surface area contributed by atoms with Crippen LogP contribution in [-0.2, 0) is 6.42 Å². The van der Waals surface area contributed by atoms with Crippen molar-refractivity contribution >= 4 is 11.7 Å². The number of hydrogen-bond acceptors (Lipinski definition) is 3. The van der Waals surface area contributed by atoms with E-state index < -0.39 is 0 Å². The van der Waals surface area contributed by atoms with Gasteiger partial charge in [-0.15, -0.1) is 0 Å². The molecule has 0 bridgehead atoms. The smallest absolute Gasteiger partial charge is 0.319 e. The second-order valence-corrected chi connectivity index (χ2v) is 5.76. The Balaban J connectivity index is 1.54. The van der Waals surface area contributed by atoms with E-state index in [1.54, 1.807) is 17.1 Å². The van der Waals surface area contributed by atoms with Gasteiger partial charge >= 0.3 is 6.03 Å². The van der Waals surface area contributed by atoms with Gasteiger partial charge in [-0.2, -0.15) is 10.2 Å². The highest BCUT2D eigenvalue weighted by Crippen LogP contribution is 2.11. The van der Waals surface area contributed by atoms with Crippen LogP contribution >= 0.6 is 0 Å². The molecule has 0 spiro atoms. The number of hydrogen-bond donors (Lipinski definition) is 3. The number of nitrogens with one attached hydrogen (secondary N) is 3. The quantitative estimate of drug-likeness (QED) is 0.674. The van der Waals surface area contributed by atoms with Crippen molar-refractivity contribution in [2.75, 3.05) is 5.32 Å². The molecule has 1 atom stereocenters. The number of nitrogens with zero attached hydrogens (tertiary/aromatic N) is 3.